The van der Waals surface area contributed by atoms with Crippen LogP contribution >= 0.6 is 0 Å². The normalized spacial score (nSPS) is 21.3. The van der Waals surface area contributed by atoms with Crippen LogP contribution in [0.2, 0.25) is 0 Å². The molecule has 0 aromatic rings. The summed E-state index contributed by atoms with van der Waals surface area (Å²) in [6, 6.07) is -0.702. The van der Waals surface area contributed by atoms with Crippen LogP contribution in [0.3, 0.4) is 0 Å². The van der Waals surface area contributed by atoms with E-state index in [1.807, 2.05) is 20.8 Å². The van der Waals surface area contributed by atoms with Gasteiger partial charge in [-0.2, -0.15) is 0 Å². The van der Waals surface area contributed by atoms with Crippen LogP contribution in [0.5, 0.6) is 0 Å². The van der Waals surface area contributed by atoms with E-state index in [0.717, 1.165) is 25.7 Å². The minimum Gasteiger partial charge on any atom is -0.480 e. The predicted octanol–water partition coefficient (Wildman–Crippen LogP) is 1.65. The van der Waals surface area contributed by atoms with Gasteiger partial charge >= 0.3 is 5.97 Å². The molecule has 1 aliphatic rings. The van der Waals surface area contributed by atoms with Crippen LogP contribution in [0, 0.1) is 5.41 Å². The van der Waals surface area contributed by atoms with Gasteiger partial charge in [-0.25, -0.2) is 4.79 Å². The van der Waals surface area contributed by atoms with Gasteiger partial charge < -0.3 is 16.2 Å². The molecule has 5 heteroatoms. The molecule has 0 saturated heterocycles. The number of carbonyl (C=O) groups is 2. The molecule has 4 N–H and O–H groups in total. The number of rotatable bonds is 3. The summed E-state index contributed by atoms with van der Waals surface area (Å²) < 4.78 is 0. The molecule has 1 fully saturated rings. The van der Waals surface area contributed by atoms with E-state index in [2.05, 4.69) is 5.32 Å². The van der Waals surface area contributed by atoms with Gasteiger partial charge in [0.15, 0.2) is 0 Å². The summed E-state index contributed by atoms with van der Waals surface area (Å²) in [7, 11) is 0. The fourth-order valence-corrected chi connectivity index (χ4v) is 2.43. The molecular formula is C14H26N2O3. The highest BCUT2D eigenvalue weighted by Gasteiger charge is 2.42. The van der Waals surface area contributed by atoms with Gasteiger partial charge in [-0.1, -0.05) is 46.5 Å². The Morgan fingerprint density at radius 2 is 1.63 bits per heavy atom. The second-order valence-electron chi connectivity index (χ2n) is 6.63. The zero-order chi connectivity index (χ0) is 14.7. The highest BCUT2D eigenvalue weighted by atomic mass is 16.4. The minimum absolute atomic E-state index is 0.364. The lowest BCUT2D eigenvalue weighted by Crippen LogP contribution is -2.60. The van der Waals surface area contributed by atoms with Crippen LogP contribution < -0.4 is 11.1 Å². The summed E-state index contributed by atoms with van der Waals surface area (Å²) in [5.74, 6) is -1.30. The third-order valence-corrected chi connectivity index (χ3v) is 3.94. The summed E-state index contributed by atoms with van der Waals surface area (Å²) in [5.41, 5.74) is 4.40. The van der Waals surface area contributed by atoms with Crippen molar-refractivity contribution in [1.29, 1.82) is 0 Å². The van der Waals surface area contributed by atoms with E-state index in [1.54, 1.807) is 0 Å². The number of carbonyl (C=O) groups excluding carboxylic acids is 1. The lowest BCUT2D eigenvalue weighted by molar-refractivity contribution is -0.149. The van der Waals surface area contributed by atoms with E-state index in [0.29, 0.717) is 12.8 Å². The van der Waals surface area contributed by atoms with Gasteiger partial charge in [0.25, 0.3) is 0 Å². The molecular weight excluding hydrogens is 244 g/mol. The van der Waals surface area contributed by atoms with Crippen LogP contribution in [-0.2, 0) is 9.59 Å². The highest BCUT2D eigenvalue weighted by molar-refractivity contribution is 5.89. The van der Waals surface area contributed by atoms with Gasteiger partial charge in [0.1, 0.15) is 5.54 Å². The van der Waals surface area contributed by atoms with Gasteiger partial charge in [0.2, 0.25) is 5.91 Å². The van der Waals surface area contributed by atoms with Gasteiger partial charge in [0.05, 0.1) is 6.04 Å². The smallest absolute Gasteiger partial charge is 0.329 e. The van der Waals surface area contributed by atoms with E-state index in [-0.39, 0.29) is 11.3 Å². The Morgan fingerprint density at radius 1 is 1.16 bits per heavy atom. The Hall–Kier alpha value is -1.10. The first-order chi connectivity index (χ1) is 8.69. The molecule has 0 heterocycles. The van der Waals surface area contributed by atoms with Crippen LogP contribution in [-0.4, -0.2) is 28.6 Å². The maximum absolute atomic E-state index is 12.2. The van der Waals surface area contributed by atoms with Gasteiger partial charge in [-0.3, -0.25) is 4.79 Å². The van der Waals surface area contributed by atoms with E-state index in [1.165, 1.54) is 0 Å². The molecule has 1 amide bonds. The van der Waals surface area contributed by atoms with Crippen molar-refractivity contribution in [1.82, 2.24) is 5.32 Å². The highest BCUT2D eigenvalue weighted by Crippen LogP contribution is 2.28. The molecule has 0 aromatic carbocycles. The number of hydrogen-bond acceptors (Lipinski definition) is 3. The Morgan fingerprint density at radius 3 is 2.00 bits per heavy atom. The molecule has 0 aliphatic heterocycles. The largest absolute Gasteiger partial charge is 0.480 e. The minimum atomic E-state index is -1.13. The van der Waals surface area contributed by atoms with Crippen LogP contribution in [0.25, 0.3) is 0 Å². The standard InChI is InChI=1S/C14H26N2O3/c1-13(2,3)10(15)11(17)16-14(12(18)19)8-6-4-5-7-9-14/h10H,4-9,15H2,1-3H3,(H,16,17)(H,18,19). The first-order valence-corrected chi connectivity index (χ1v) is 7.00. The summed E-state index contributed by atoms with van der Waals surface area (Å²) in [5, 5.41) is 12.2. The number of amides is 1. The van der Waals surface area contributed by atoms with Crippen molar-refractivity contribution in [3.63, 3.8) is 0 Å². The lowest BCUT2D eigenvalue weighted by Gasteiger charge is -2.33. The Bertz CT molecular complexity index is 339. The number of aliphatic carboxylic acids is 1. The molecule has 1 saturated carbocycles. The Kier molecular flexibility index (Phi) is 4.96. The molecule has 19 heavy (non-hydrogen) atoms. The monoisotopic (exact) mass is 270 g/mol. The van der Waals surface area contributed by atoms with Crippen LogP contribution in [0.4, 0.5) is 0 Å². The number of carboxylic acids is 1. The SMILES string of the molecule is CC(C)(C)C(N)C(=O)NC1(C(=O)O)CCCCCC1. The summed E-state index contributed by atoms with van der Waals surface area (Å²) in [6.07, 6.45) is 4.69. The molecule has 1 unspecified atom stereocenters. The van der Waals surface area contributed by atoms with Crippen molar-refractivity contribution >= 4 is 11.9 Å². The molecule has 0 bridgehead atoms. The third-order valence-electron chi connectivity index (χ3n) is 3.94. The zero-order valence-electron chi connectivity index (χ0n) is 12.2. The topological polar surface area (TPSA) is 92.4 Å². The molecule has 0 spiro atoms. The van der Waals surface area contributed by atoms with Crippen LogP contribution in [0.1, 0.15) is 59.3 Å². The number of hydrogen-bond donors (Lipinski definition) is 3. The van der Waals surface area contributed by atoms with Gasteiger partial charge in [-0.05, 0) is 18.3 Å². The van der Waals surface area contributed by atoms with Crippen molar-refractivity contribution in [2.45, 2.75) is 70.9 Å². The second-order valence-corrected chi connectivity index (χ2v) is 6.63. The van der Waals surface area contributed by atoms with E-state index in [9.17, 15) is 14.7 Å². The average molecular weight is 270 g/mol. The lowest BCUT2D eigenvalue weighted by atomic mass is 9.84. The fourth-order valence-electron chi connectivity index (χ4n) is 2.43. The van der Waals surface area contributed by atoms with E-state index >= 15 is 0 Å². The first kappa shape index (κ1) is 16.0. The van der Waals surface area contributed by atoms with Crippen molar-refractivity contribution in [3.05, 3.63) is 0 Å². The second kappa shape index (κ2) is 5.90. The summed E-state index contributed by atoms with van der Waals surface area (Å²) in [4.78, 5) is 23.8. The van der Waals surface area contributed by atoms with E-state index < -0.39 is 17.6 Å². The number of nitrogens with one attached hydrogen (secondary N) is 1. The van der Waals surface area contributed by atoms with Crippen molar-refractivity contribution < 1.29 is 14.7 Å². The predicted molar refractivity (Wildman–Crippen MR) is 73.6 cm³/mol. The molecule has 1 rings (SSSR count). The van der Waals surface area contributed by atoms with Crippen molar-refractivity contribution in [2.24, 2.45) is 11.1 Å². The van der Waals surface area contributed by atoms with Crippen molar-refractivity contribution in [3.8, 4) is 0 Å². The summed E-state index contributed by atoms with van der Waals surface area (Å²) in [6.45, 7) is 5.62. The molecule has 0 aromatic heterocycles. The van der Waals surface area contributed by atoms with Crippen molar-refractivity contribution in [2.75, 3.05) is 0 Å². The number of carboxylic acid groups (broad SMARTS) is 1. The molecule has 110 valence electrons. The first-order valence-electron chi connectivity index (χ1n) is 7.00. The maximum atomic E-state index is 12.2. The fraction of sp³-hybridized carbons (Fsp3) is 0.857. The quantitative estimate of drug-likeness (QED) is 0.680. The zero-order valence-corrected chi connectivity index (χ0v) is 12.2. The van der Waals surface area contributed by atoms with Crippen LogP contribution in [0.15, 0.2) is 0 Å². The van der Waals surface area contributed by atoms with Gasteiger partial charge in [0, 0.05) is 0 Å². The Labute approximate surface area is 114 Å². The molecule has 1 aliphatic carbocycles. The Balaban J connectivity index is 2.84. The molecule has 0 radical (unpaired) electrons. The number of nitrogens with two attached hydrogens (primary N) is 1. The van der Waals surface area contributed by atoms with E-state index in [4.69, 9.17) is 5.73 Å². The average Bonchev–Trinajstić information content (AvgIpc) is 2.53. The third kappa shape index (κ3) is 3.93. The maximum Gasteiger partial charge on any atom is 0.329 e. The molecule has 5 nitrogen and oxygen atoms in total. The molecule has 1 atom stereocenters. The van der Waals surface area contributed by atoms with Gasteiger partial charge in [-0.15, -0.1) is 0 Å². The summed E-state index contributed by atoms with van der Waals surface area (Å²) >= 11 is 0.